The lowest BCUT2D eigenvalue weighted by Crippen LogP contribution is -2.49. The molecule has 3 unspecified atom stereocenters. The fourth-order valence-electron chi connectivity index (χ4n) is 2.57. The molecule has 22 heavy (non-hydrogen) atoms. The molecule has 1 saturated heterocycles. The van der Waals surface area contributed by atoms with E-state index in [-0.39, 0.29) is 30.3 Å². The highest BCUT2D eigenvalue weighted by atomic mass is 35.5. The Kier molecular flexibility index (Phi) is 7.46. The van der Waals surface area contributed by atoms with E-state index >= 15 is 0 Å². The van der Waals surface area contributed by atoms with Crippen LogP contribution in [-0.2, 0) is 4.79 Å². The Morgan fingerprint density at radius 2 is 2.09 bits per heavy atom. The minimum atomic E-state index is -0.417. The van der Waals surface area contributed by atoms with E-state index < -0.39 is 6.04 Å². The van der Waals surface area contributed by atoms with Gasteiger partial charge in [0.05, 0.1) is 6.04 Å². The summed E-state index contributed by atoms with van der Waals surface area (Å²) in [6.07, 6.45) is 1.86. The number of nitrogens with two attached hydrogens (primary N) is 1. The first-order chi connectivity index (χ1) is 10.0. The predicted molar refractivity (Wildman–Crippen MR) is 94.9 cm³/mol. The average Bonchev–Trinajstić information content (AvgIpc) is 2.94. The van der Waals surface area contributed by atoms with Crippen LogP contribution in [0.1, 0.15) is 26.7 Å². The number of amides is 1. The van der Waals surface area contributed by atoms with Gasteiger partial charge in [0.25, 0.3) is 0 Å². The molecule has 0 saturated carbocycles. The highest BCUT2D eigenvalue weighted by molar-refractivity contribution is 6.30. The summed E-state index contributed by atoms with van der Waals surface area (Å²) >= 11 is 5.90. The van der Waals surface area contributed by atoms with Crippen molar-refractivity contribution in [3.8, 4) is 0 Å². The number of halogens is 2. The van der Waals surface area contributed by atoms with E-state index in [9.17, 15) is 4.79 Å². The van der Waals surface area contributed by atoms with E-state index in [0.29, 0.717) is 0 Å². The monoisotopic (exact) mass is 345 g/mol. The van der Waals surface area contributed by atoms with Crippen LogP contribution in [0.4, 0.5) is 5.69 Å². The summed E-state index contributed by atoms with van der Waals surface area (Å²) in [7, 11) is 0. The third kappa shape index (κ3) is 4.77. The molecule has 6 heteroatoms. The zero-order chi connectivity index (χ0) is 15.4. The Balaban J connectivity index is 0.00000242. The van der Waals surface area contributed by atoms with E-state index in [1.807, 2.05) is 31.2 Å². The molecule has 0 bridgehead atoms. The molecule has 0 aliphatic carbocycles. The number of hydrogen-bond donors (Lipinski definition) is 2. The Morgan fingerprint density at radius 3 is 2.68 bits per heavy atom. The lowest BCUT2D eigenvalue weighted by atomic mass is 9.99. The largest absolute Gasteiger partial charge is 0.369 e. The van der Waals surface area contributed by atoms with Crippen LogP contribution in [-0.4, -0.2) is 31.1 Å². The third-order valence-corrected chi connectivity index (χ3v) is 4.54. The summed E-state index contributed by atoms with van der Waals surface area (Å²) in [5.74, 6) is 0.172. The van der Waals surface area contributed by atoms with Gasteiger partial charge in [0.2, 0.25) is 5.91 Å². The maximum atomic E-state index is 12.1. The van der Waals surface area contributed by atoms with Crippen LogP contribution in [0.5, 0.6) is 0 Å². The van der Waals surface area contributed by atoms with E-state index in [2.05, 4.69) is 17.1 Å². The third-order valence-electron chi connectivity index (χ3n) is 4.29. The van der Waals surface area contributed by atoms with Gasteiger partial charge >= 0.3 is 0 Å². The molecule has 3 N–H and O–H groups in total. The van der Waals surface area contributed by atoms with Crippen molar-refractivity contribution in [2.24, 2.45) is 11.7 Å². The van der Waals surface area contributed by atoms with Gasteiger partial charge in [-0.1, -0.05) is 31.9 Å². The normalized spacial score (nSPS) is 20.2. The van der Waals surface area contributed by atoms with E-state index in [1.54, 1.807) is 0 Å². The van der Waals surface area contributed by atoms with Gasteiger partial charge in [0.1, 0.15) is 0 Å². The van der Waals surface area contributed by atoms with Crippen molar-refractivity contribution in [2.75, 3.05) is 18.0 Å². The number of carbonyl (C=O) groups excluding carboxylic acids is 1. The molecule has 1 heterocycles. The van der Waals surface area contributed by atoms with Gasteiger partial charge in [0, 0.05) is 29.8 Å². The molecule has 1 aliphatic rings. The fourth-order valence-corrected chi connectivity index (χ4v) is 2.70. The summed E-state index contributed by atoms with van der Waals surface area (Å²) in [5, 5.41) is 3.81. The zero-order valence-electron chi connectivity index (χ0n) is 13.1. The maximum Gasteiger partial charge on any atom is 0.237 e. The molecule has 1 aliphatic heterocycles. The number of nitrogens with zero attached hydrogens (tertiary/aromatic N) is 1. The maximum absolute atomic E-state index is 12.1. The van der Waals surface area contributed by atoms with Crippen LogP contribution in [0.2, 0.25) is 5.02 Å². The molecule has 1 aromatic rings. The number of anilines is 1. The molecule has 0 aromatic heterocycles. The van der Waals surface area contributed by atoms with Crippen molar-refractivity contribution in [3.63, 3.8) is 0 Å². The van der Waals surface area contributed by atoms with Gasteiger partial charge in [0.15, 0.2) is 0 Å². The van der Waals surface area contributed by atoms with Gasteiger partial charge in [-0.15, -0.1) is 12.4 Å². The van der Waals surface area contributed by atoms with E-state index in [0.717, 1.165) is 36.6 Å². The molecule has 1 fully saturated rings. The molecule has 1 amide bonds. The Hall–Kier alpha value is -0.970. The number of carbonyl (C=O) groups is 1. The molecule has 3 atom stereocenters. The molecular formula is C16H25Cl2N3O. The Labute approximate surface area is 143 Å². The van der Waals surface area contributed by atoms with Crippen LogP contribution in [0.15, 0.2) is 24.3 Å². The number of hydrogen-bond acceptors (Lipinski definition) is 3. The second kappa shape index (κ2) is 8.61. The molecule has 1 aromatic carbocycles. The van der Waals surface area contributed by atoms with Crippen LogP contribution < -0.4 is 16.0 Å². The lowest BCUT2D eigenvalue weighted by Gasteiger charge is -2.22. The first kappa shape index (κ1) is 19.1. The van der Waals surface area contributed by atoms with Crippen LogP contribution in [0, 0.1) is 5.92 Å². The summed E-state index contributed by atoms with van der Waals surface area (Å²) < 4.78 is 0. The molecule has 0 spiro atoms. The van der Waals surface area contributed by atoms with Gasteiger partial charge < -0.3 is 16.0 Å². The number of rotatable bonds is 5. The van der Waals surface area contributed by atoms with Crippen molar-refractivity contribution in [2.45, 2.75) is 38.8 Å². The summed E-state index contributed by atoms with van der Waals surface area (Å²) in [6.45, 7) is 5.82. The first-order valence-corrected chi connectivity index (χ1v) is 7.95. The highest BCUT2D eigenvalue weighted by Crippen LogP contribution is 2.22. The predicted octanol–water partition coefficient (Wildman–Crippen LogP) is 2.83. The minimum absolute atomic E-state index is 0. The molecule has 2 rings (SSSR count). The van der Waals surface area contributed by atoms with Gasteiger partial charge in [-0.05, 0) is 36.6 Å². The lowest BCUT2D eigenvalue weighted by molar-refractivity contribution is -0.124. The number of nitrogens with one attached hydrogen (secondary N) is 1. The van der Waals surface area contributed by atoms with Gasteiger partial charge in [-0.25, -0.2) is 0 Å². The SMILES string of the molecule is CCC(C)C(N)C(=O)NC1CCN(c2ccc(Cl)cc2)C1.Cl. The standard InChI is InChI=1S/C16H24ClN3O.ClH/c1-3-11(2)15(18)16(21)19-13-8-9-20(10-13)14-6-4-12(17)5-7-14;/h4-7,11,13,15H,3,8-10,18H2,1-2H3,(H,19,21);1H. The quantitative estimate of drug-likeness (QED) is 0.862. The Bertz CT molecular complexity index is 481. The second-order valence-electron chi connectivity index (χ2n) is 5.83. The smallest absolute Gasteiger partial charge is 0.237 e. The number of benzene rings is 1. The van der Waals surface area contributed by atoms with E-state index in [1.165, 1.54) is 0 Å². The second-order valence-corrected chi connectivity index (χ2v) is 6.26. The fraction of sp³-hybridized carbons (Fsp3) is 0.562. The molecule has 4 nitrogen and oxygen atoms in total. The topological polar surface area (TPSA) is 58.4 Å². The molecular weight excluding hydrogens is 321 g/mol. The Morgan fingerprint density at radius 1 is 1.45 bits per heavy atom. The van der Waals surface area contributed by atoms with Crippen LogP contribution in [0.25, 0.3) is 0 Å². The van der Waals surface area contributed by atoms with Crippen molar-refractivity contribution >= 4 is 35.6 Å². The minimum Gasteiger partial charge on any atom is -0.369 e. The van der Waals surface area contributed by atoms with Crippen LogP contribution in [0.3, 0.4) is 0 Å². The molecule has 0 radical (unpaired) electrons. The highest BCUT2D eigenvalue weighted by Gasteiger charge is 2.27. The van der Waals surface area contributed by atoms with Gasteiger partial charge in [-0.2, -0.15) is 0 Å². The van der Waals surface area contributed by atoms with Crippen molar-refractivity contribution in [3.05, 3.63) is 29.3 Å². The van der Waals surface area contributed by atoms with E-state index in [4.69, 9.17) is 17.3 Å². The zero-order valence-corrected chi connectivity index (χ0v) is 14.7. The van der Waals surface area contributed by atoms with Crippen molar-refractivity contribution < 1.29 is 4.79 Å². The van der Waals surface area contributed by atoms with Crippen molar-refractivity contribution in [1.29, 1.82) is 0 Å². The van der Waals surface area contributed by atoms with Gasteiger partial charge in [-0.3, -0.25) is 4.79 Å². The summed E-state index contributed by atoms with van der Waals surface area (Å²) in [6, 6.07) is 7.56. The first-order valence-electron chi connectivity index (χ1n) is 7.57. The average molecular weight is 346 g/mol. The van der Waals surface area contributed by atoms with Crippen LogP contribution >= 0.6 is 24.0 Å². The molecule has 124 valence electrons. The van der Waals surface area contributed by atoms with Crippen molar-refractivity contribution in [1.82, 2.24) is 5.32 Å². The summed E-state index contributed by atoms with van der Waals surface area (Å²) in [5.41, 5.74) is 7.11. The summed E-state index contributed by atoms with van der Waals surface area (Å²) in [4.78, 5) is 14.4.